The fraction of sp³-hybridized carbons (Fsp3) is 0.667. The summed E-state index contributed by atoms with van der Waals surface area (Å²) in [5, 5.41) is 0. The van der Waals surface area contributed by atoms with Gasteiger partial charge in [-0.05, 0) is 12.8 Å². The Balaban J connectivity index is 2.99. The van der Waals surface area contributed by atoms with Crippen molar-refractivity contribution in [2.24, 2.45) is 0 Å². The molecule has 3 nitrogen and oxygen atoms in total. The molecule has 0 spiro atoms. The summed E-state index contributed by atoms with van der Waals surface area (Å²) in [6.07, 6.45) is 2.84. The minimum absolute atomic E-state index is 0.373. The molecule has 0 heterocycles. The maximum atomic E-state index is 10.6. The predicted octanol–water partition coefficient (Wildman–Crippen LogP) is 1.75. The zero-order chi connectivity index (χ0) is 9.94. The summed E-state index contributed by atoms with van der Waals surface area (Å²) in [4.78, 5) is 10.6. The smallest absolute Gasteiger partial charge is 0.330 e. The lowest BCUT2D eigenvalue weighted by Gasteiger charge is -2.02. The fourth-order valence-corrected chi connectivity index (χ4v) is 0.804. The van der Waals surface area contributed by atoms with Crippen molar-refractivity contribution >= 4 is 17.6 Å². The van der Waals surface area contributed by atoms with Crippen molar-refractivity contribution in [2.45, 2.75) is 12.8 Å². The molecule has 0 N–H and O–H groups in total. The third kappa shape index (κ3) is 9.37. The van der Waals surface area contributed by atoms with Gasteiger partial charge in [0.15, 0.2) is 0 Å². The van der Waals surface area contributed by atoms with Crippen LogP contribution in [0.4, 0.5) is 0 Å². The first-order valence-corrected chi connectivity index (χ1v) is 4.77. The van der Waals surface area contributed by atoms with E-state index in [9.17, 15) is 4.79 Å². The molecule has 4 heteroatoms. The average Bonchev–Trinajstić information content (AvgIpc) is 2.16. The molecule has 0 unspecified atom stereocenters. The van der Waals surface area contributed by atoms with Crippen LogP contribution in [-0.2, 0) is 14.3 Å². The summed E-state index contributed by atoms with van der Waals surface area (Å²) in [7, 11) is 0. The minimum Gasteiger partial charge on any atom is -0.463 e. The van der Waals surface area contributed by atoms with Crippen molar-refractivity contribution < 1.29 is 14.3 Å². The van der Waals surface area contributed by atoms with Gasteiger partial charge in [-0.3, -0.25) is 0 Å². The largest absolute Gasteiger partial charge is 0.463 e. The number of carbonyl (C=O) groups excluding carboxylic acids is 1. The van der Waals surface area contributed by atoms with Crippen LogP contribution in [0, 0.1) is 0 Å². The second-order valence-electron chi connectivity index (χ2n) is 2.38. The monoisotopic (exact) mass is 206 g/mol. The van der Waals surface area contributed by atoms with Gasteiger partial charge >= 0.3 is 5.97 Å². The van der Waals surface area contributed by atoms with Gasteiger partial charge in [-0.2, -0.15) is 0 Å². The van der Waals surface area contributed by atoms with E-state index in [-0.39, 0.29) is 5.97 Å². The summed E-state index contributed by atoms with van der Waals surface area (Å²) in [5.74, 6) is 0.146. The molecule has 0 aromatic heterocycles. The lowest BCUT2D eigenvalue weighted by atomic mass is 10.3. The molecule has 76 valence electrons. The molecular weight excluding hydrogens is 192 g/mol. The fourth-order valence-electron chi connectivity index (χ4n) is 0.694. The number of alkyl halides is 1. The van der Waals surface area contributed by atoms with Crippen LogP contribution in [0.2, 0.25) is 0 Å². The van der Waals surface area contributed by atoms with Crippen molar-refractivity contribution in [1.82, 2.24) is 0 Å². The first-order valence-electron chi connectivity index (χ1n) is 4.24. The van der Waals surface area contributed by atoms with Gasteiger partial charge in [0.2, 0.25) is 0 Å². The van der Waals surface area contributed by atoms with E-state index in [2.05, 4.69) is 6.58 Å². The average molecular weight is 207 g/mol. The molecular formula is C9H15ClO3. The maximum Gasteiger partial charge on any atom is 0.330 e. The van der Waals surface area contributed by atoms with Crippen molar-refractivity contribution in [2.75, 3.05) is 25.7 Å². The number of ether oxygens (including phenoxy) is 2. The molecule has 0 bridgehead atoms. The van der Waals surface area contributed by atoms with E-state index >= 15 is 0 Å². The molecule has 0 atom stereocenters. The van der Waals surface area contributed by atoms with Crippen molar-refractivity contribution in [1.29, 1.82) is 0 Å². The van der Waals surface area contributed by atoms with Gasteiger partial charge in [0.05, 0.1) is 13.2 Å². The Labute approximate surface area is 83.7 Å². The quantitative estimate of drug-likeness (QED) is 0.263. The molecule has 13 heavy (non-hydrogen) atoms. The first-order chi connectivity index (χ1) is 6.31. The summed E-state index contributed by atoms with van der Waals surface area (Å²) in [6, 6.07) is 0. The van der Waals surface area contributed by atoms with Crippen LogP contribution in [0.25, 0.3) is 0 Å². The van der Waals surface area contributed by atoms with Crippen LogP contribution in [0.15, 0.2) is 12.7 Å². The van der Waals surface area contributed by atoms with E-state index in [0.29, 0.717) is 25.7 Å². The van der Waals surface area contributed by atoms with Crippen molar-refractivity contribution in [3.63, 3.8) is 0 Å². The third-order valence-electron chi connectivity index (χ3n) is 1.32. The second-order valence-corrected chi connectivity index (χ2v) is 2.76. The number of carbonyl (C=O) groups is 1. The summed E-state index contributed by atoms with van der Waals surface area (Å²) in [6.45, 7) is 4.95. The number of hydrogen-bond donors (Lipinski definition) is 0. The summed E-state index contributed by atoms with van der Waals surface area (Å²) >= 11 is 5.40. The van der Waals surface area contributed by atoms with E-state index in [1.54, 1.807) is 0 Å². The van der Waals surface area contributed by atoms with Gasteiger partial charge in [-0.25, -0.2) is 4.79 Å². The Morgan fingerprint density at radius 3 is 2.62 bits per heavy atom. The third-order valence-corrected chi connectivity index (χ3v) is 1.47. The maximum absolute atomic E-state index is 10.6. The molecule has 0 aliphatic carbocycles. The lowest BCUT2D eigenvalue weighted by molar-refractivity contribution is -0.137. The normalized spacial score (nSPS) is 9.62. The van der Waals surface area contributed by atoms with Crippen LogP contribution in [0.5, 0.6) is 0 Å². The van der Waals surface area contributed by atoms with Gasteiger partial charge in [-0.15, -0.1) is 11.6 Å². The Bertz CT molecular complexity index is 148. The molecule has 0 amide bonds. The standard InChI is InChI=1S/C9H15ClO3/c1-2-9(11)13-7-4-3-6-12-8-5-10/h2H,1,3-8H2. The van der Waals surface area contributed by atoms with E-state index < -0.39 is 0 Å². The Hall–Kier alpha value is -0.540. The van der Waals surface area contributed by atoms with Crippen LogP contribution >= 0.6 is 11.6 Å². The molecule has 0 aromatic rings. The summed E-state index contributed by atoms with van der Waals surface area (Å²) < 4.78 is 9.88. The van der Waals surface area contributed by atoms with Crippen LogP contribution in [0.3, 0.4) is 0 Å². The summed E-state index contributed by atoms with van der Waals surface area (Å²) in [5.41, 5.74) is 0. The van der Waals surface area contributed by atoms with Gasteiger partial charge in [-0.1, -0.05) is 6.58 Å². The van der Waals surface area contributed by atoms with Gasteiger partial charge in [0, 0.05) is 18.6 Å². The zero-order valence-corrected chi connectivity index (χ0v) is 8.39. The van der Waals surface area contributed by atoms with Crippen molar-refractivity contribution in [3.05, 3.63) is 12.7 Å². The van der Waals surface area contributed by atoms with E-state index in [1.165, 1.54) is 0 Å². The van der Waals surface area contributed by atoms with Crippen LogP contribution in [0.1, 0.15) is 12.8 Å². The van der Waals surface area contributed by atoms with E-state index in [0.717, 1.165) is 18.9 Å². The molecule has 0 radical (unpaired) electrons. The van der Waals surface area contributed by atoms with Gasteiger partial charge < -0.3 is 9.47 Å². The first kappa shape index (κ1) is 12.5. The highest BCUT2D eigenvalue weighted by molar-refractivity contribution is 6.17. The topological polar surface area (TPSA) is 35.5 Å². The zero-order valence-electron chi connectivity index (χ0n) is 7.63. The molecule has 0 aromatic carbocycles. The number of hydrogen-bond acceptors (Lipinski definition) is 3. The molecule has 0 saturated heterocycles. The lowest BCUT2D eigenvalue weighted by Crippen LogP contribution is -2.04. The molecule has 0 fully saturated rings. The highest BCUT2D eigenvalue weighted by Crippen LogP contribution is 1.92. The molecule has 0 aliphatic heterocycles. The second kappa shape index (κ2) is 9.55. The number of halogens is 1. The molecule has 0 rings (SSSR count). The van der Waals surface area contributed by atoms with E-state index in [4.69, 9.17) is 21.1 Å². The van der Waals surface area contributed by atoms with E-state index in [1.807, 2.05) is 0 Å². The number of unbranched alkanes of at least 4 members (excludes halogenated alkanes) is 1. The predicted molar refractivity (Wildman–Crippen MR) is 51.9 cm³/mol. The molecule has 0 aliphatic rings. The minimum atomic E-state index is -0.373. The van der Waals surface area contributed by atoms with Crippen LogP contribution in [-0.4, -0.2) is 31.7 Å². The Kier molecular flexibility index (Phi) is 9.15. The highest BCUT2D eigenvalue weighted by Gasteiger charge is 1.94. The highest BCUT2D eigenvalue weighted by atomic mass is 35.5. The van der Waals surface area contributed by atoms with Crippen LogP contribution < -0.4 is 0 Å². The Morgan fingerprint density at radius 2 is 2.00 bits per heavy atom. The number of esters is 1. The number of rotatable bonds is 8. The Morgan fingerprint density at radius 1 is 1.31 bits per heavy atom. The van der Waals surface area contributed by atoms with Gasteiger partial charge in [0.1, 0.15) is 0 Å². The van der Waals surface area contributed by atoms with Crippen molar-refractivity contribution in [3.8, 4) is 0 Å². The molecule has 0 saturated carbocycles. The van der Waals surface area contributed by atoms with Gasteiger partial charge in [0.25, 0.3) is 0 Å². The SMILES string of the molecule is C=CC(=O)OCCCCOCCCl.